The highest BCUT2D eigenvalue weighted by atomic mass is 16.6. The van der Waals surface area contributed by atoms with Crippen LogP contribution < -0.4 is 0 Å². The van der Waals surface area contributed by atoms with E-state index in [2.05, 4.69) is 30.4 Å². The molecular weight excluding hydrogens is 102 g/mol. The van der Waals surface area contributed by atoms with E-state index in [1.165, 1.54) is 0 Å². The van der Waals surface area contributed by atoms with E-state index in [1.807, 2.05) is 0 Å². The molecular formula is C6H9NO. The normalized spacial score (nSPS) is 18.6. The second kappa shape index (κ2) is 2.16. The van der Waals surface area contributed by atoms with Gasteiger partial charge in [0.2, 0.25) is 6.61 Å². The number of hydrogen-bond acceptors (Lipinski definition) is 2. The number of nitrogens with zero attached hydrogens (tertiary/aromatic N) is 1. The van der Waals surface area contributed by atoms with Gasteiger partial charge < -0.3 is 4.84 Å². The molecule has 0 aromatic carbocycles. The number of oxime groups is 1. The zero-order valence-corrected chi connectivity index (χ0v) is 5.14. The Hall–Kier alpha value is -0.530. The van der Waals surface area contributed by atoms with Crippen LogP contribution in [0.1, 0.15) is 20.3 Å². The van der Waals surface area contributed by atoms with E-state index in [0.717, 1.165) is 12.1 Å². The zero-order chi connectivity index (χ0) is 5.98. The Balaban J connectivity index is 2.45. The molecule has 8 heavy (non-hydrogen) atoms. The lowest BCUT2D eigenvalue weighted by atomic mass is 10.1. The lowest BCUT2D eigenvalue weighted by Gasteiger charge is -1.96. The van der Waals surface area contributed by atoms with Gasteiger partial charge in [0.25, 0.3) is 0 Å². The van der Waals surface area contributed by atoms with Gasteiger partial charge in [-0.05, 0) is 5.92 Å². The maximum Gasteiger partial charge on any atom is 0.235 e. The van der Waals surface area contributed by atoms with Gasteiger partial charge in [-0.15, -0.1) is 0 Å². The van der Waals surface area contributed by atoms with Crippen LogP contribution in [0.5, 0.6) is 0 Å². The van der Waals surface area contributed by atoms with Gasteiger partial charge in [0, 0.05) is 6.42 Å². The summed E-state index contributed by atoms with van der Waals surface area (Å²) >= 11 is 0. The number of rotatable bonds is 1. The van der Waals surface area contributed by atoms with Crippen LogP contribution in [0.15, 0.2) is 5.16 Å². The quantitative estimate of drug-likeness (QED) is 0.502. The molecule has 2 radical (unpaired) electrons. The fourth-order valence-electron chi connectivity index (χ4n) is 0.539. The van der Waals surface area contributed by atoms with Crippen molar-refractivity contribution in [3.8, 4) is 0 Å². The fourth-order valence-corrected chi connectivity index (χ4v) is 0.539. The second-order valence-electron chi connectivity index (χ2n) is 2.15. The Bertz CT molecular complexity index is 107. The third kappa shape index (κ3) is 0.997. The number of hydrogen-bond donors (Lipinski definition) is 0. The topological polar surface area (TPSA) is 21.6 Å². The minimum absolute atomic E-state index is 0.505. The first-order chi connectivity index (χ1) is 3.80. The molecule has 0 saturated carbocycles. The van der Waals surface area contributed by atoms with E-state index < -0.39 is 0 Å². The Morgan fingerprint density at radius 2 is 2.50 bits per heavy atom. The van der Waals surface area contributed by atoms with E-state index in [1.54, 1.807) is 0 Å². The molecule has 0 fully saturated rings. The standard InChI is InChI=1S/C6H9NO/c1-5(2)6-3-4-8-7-6/h5H,3H2,1-2H3. The monoisotopic (exact) mass is 111 g/mol. The predicted molar refractivity (Wildman–Crippen MR) is 31.2 cm³/mol. The molecule has 1 aliphatic rings. The highest BCUT2D eigenvalue weighted by Gasteiger charge is 2.12. The smallest absolute Gasteiger partial charge is 0.235 e. The van der Waals surface area contributed by atoms with Gasteiger partial charge >= 0.3 is 0 Å². The molecule has 0 unspecified atom stereocenters. The van der Waals surface area contributed by atoms with E-state index >= 15 is 0 Å². The summed E-state index contributed by atoms with van der Waals surface area (Å²) in [6.45, 7) is 6.83. The lowest BCUT2D eigenvalue weighted by Crippen LogP contribution is -2.02. The third-order valence-corrected chi connectivity index (χ3v) is 1.15. The van der Waals surface area contributed by atoms with Gasteiger partial charge in [0.05, 0.1) is 5.71 Å². The van der Waals surface area contributed by atoms with Crippen LogP contribution in [-0.2, 0) is 4.84 Å². The highest BCUT2D eigenvalue weighted by molar-refractivity contribution is 5.87. The van der Waals surface area contributed by atoms with Crippen molar-refractivity contribution in [1.82, 2.24) is 0 Å². The molecule has 2 heteroatoms. The van der Waals surface area contributed by atoms with Crippen LogP contribution >= 0.6 is 0 Å². The van der Waals surface area contributed by atoms with Crippen molar-refractivity contribution in [1.29, 1.82) is 0 Å². The molecule has 0 spiro atoms. The molecule has 1 rings (SSSR count). The summed E-state index contributed by atoms with van der Waals surface area (Å²) < 4.78 is 0. The molecule has 1 aliphatic heterocycles. The van der Waals surface area contributed by atoms with E-state index in [4.69, 9.17) is 0 Å². The maximum absolute atomic E-state index is 4.56. The van der Waals surface area contributed by atoms with Crippen LogP contribution in [0.2, 0.25) is 0 Å². The lowest BCUT2D eigenvalue weighted by molar-refractivity contribution is 0.234. The summed E-state index contributed by atoms with van der Waals surface area (Å²) in [5, 5.41) is 3.74. The maximum atomic E-state index is 4.56. The highest BCUT2D eigenvalue weighted by Crippen LogP contribution is 2.11. The molecule has 44 valence electrons. The second-order valence-corrected chi connectivity index (χ2v) is 2.15. The van der Waals surface area contributed by atoms with Crippen molar-refractivity contribution < 1.29 is 4.84 Å². The van der Waals surface area contributed by atoms with E-state index in [9.17, 15) is 0 Å². The van der Waals surface area contributed by atoms with Crippen molar-refractivity contribution in [2.45, 2.75) is 20.3 Å². The summed E-state index contributed by atoms with van der Waals surface area (Å²) in [5.41, 5.74) is 1.09. The van der Waals surface area contributed by atoms with Gasteiger partial charge in [-0.3, -0.25) is 0 Å². The molecule has 0 aliphatic carbocycles. The van der Waals surface area contributed by atoms with Gasteiger partial charge in [-0.25, -0.2) is 0 Å². The molecule has 0 atom stereocenters. The zero-order valence-electron chi connectivity index (χ0n) is 5.14. The van der Waals surface area contributed by atoms with E-state index in [-0.39, 0.29) is 0 Å². The van der Waals surface area contributed by atoms with Gasteiger partial charge in [0.15, 0.2) is 0 Å². The molecule has 0 aromatic rings. The van der Waals surface area contributed by atoms with Crippen molar-refractivity contribution in [2.24, 2.45) is 11.1 Å². The minimum Gasteiger partial charge on any atom is -0.380 e. The summed E-state index contributed by atoms with van der Waals surface area (Å²) in [5.74, 6) is 0.505. The van der Waals surface area contributed by atoms with Crippen molar-refractivity contribution in [3.63, 3.8) is 0 Å². The Labute approximate surface area is 49.5 Å². The van der Waals surface area contributed by atoms with E-state index in [0.29, 0.717) is 5.92 Å². The fraction of sp³-hybridized carbons (Fsp3) is 0.667. The first-order valence-corrected chi connectivity index (χ1v) is 2.76. The van der Waals surface area contributed by atoms with Crippen LogP contribution in [0.25, 0.3) is 0 Å². The molecule has 0 N–H and O–H groups in total. The van der Waals surface area contributed by atoms with Crippen LogP contribution in [-0.4, -0.2) is 5.71 Å². The van der Waals surface area contributed by atoms with Gasteiger partial charge in [0.1, 0.15) is 0 Å². The molecule has 0 saturated heterocycles. The van der Waals surface area contributed by atoms with Crippen LogP contribution in [0, 0.1) is 12.5 Å². The molecule has 0 bridgehead atoms. The van der Waals surface area contributed by atoms with Gasteiger partial charge in [-0.1, -0.05) is 19.0 Å². The average Bonchev–Trinajstić information content (AvgIpc) is 2.12. The van der Waals surface area contributed by atoms with Gasteiger partial charge in [-0.2, -0.15) is 0 Å². The summed E-state index contributed by atoms with van der Waals surface area (Å²) in [6.07, 6.45) is 0.775. The Morgan fingerprint density at radius 3 is 2.75 bits per heavy atom. The third-order valence-electron chi connectivity index (χ3n) is 1.15. The average molecular weight is 111 g/mol. The summed E-state index contributed by atoms with van der Waals surface area (Å²) in [7, 11) is 0. The molecule has 2 nitrogen and oxygen atoms in total. The van der Waals surface area contributed by atoms with Crippen molar-refractivity contribution >= 4 is 5.71 Å². The Morgan fingerprint density at radius 1 is 1.75 bits per heavy atom. The SMILES string of the molecule is CC(C)C1=NO[C]C1. The molecule has 0 aromatic heterocycles. The van der Waals surface area contributed by atoms with Crippen molar-refractivity contribution in [3.05, 3.63) is 6.61 Å². The van der Waals surface area contributed by atoms with Crippen LogP contribution in [0.3, 0.4) is 0 Å². The largest absolute Gasteiger partial charge is 0.380 e. The predicted octanol–water partition coefficient (Wildman–Crippen LogP) is 1.46. The first-order valence-electron chi connectivity index (χ1n) is 2.76. The minimum atomic E-state index is 0.505. The molecule has 1 heterocycles. The summed E-state index contributed by atoms with van der Waals surface area (Å²) in [6, 6.07) is 0. The molecule has 0 amide bonds. The first kappa shape index (κ1) is 5.60. The summed E-state index contributed by atoms with van der Waals surface area (Å²) in [4.78, 5) is 4.56. The Kier molecular flexibility index (Phi) is 1.51. The van der Waals surface area contributed by atoms with Crippen LogP contribution in [0.4, 0.5) is 0 Å². The van der Waals surface area contributed by atoms with Crippen molar-refractivity contribution in [2.75, 3.05) is 0 Å².